The quantitative estimate of drug-likeness (QED) is 0.824. The van der Waals surface area contributed by atoms with Crippen LogP contribution in [0.5, 0.6) is 0 Å². The average molecular weight is 240 g/mol. The zero-order valence-corrected chi connectivity index (χ0v) is 9.01. The van der Waals surface area contributed by atoms with Crippen molar-refractivity contribution < 1.29 is 27.8 Å². The third kappa shape index (κ3) is 2.31. The summed E-state index contributed by atoms with van der Waals surface area (Å²) in [6.45, 7) is 0. The molecule has 16 heavy (non-hydrogen) atoms. The van der Waals surface area contributed by atoms with Gasteiger partial charge in [-0.2, -0.15) is 13.2 Å². The smallest absolute Gasteiger partial charge is 0.417 e. The number of aliphatic carboxylic acids is 1. The Hall–Kier alpha value is -0.780. The number of hydrogen-bond acceptors (Lipinski definition) is 2. The van der Waals surface area contributed by atoms with E-state index in [0.717, 1.165) is 7.11 Å². The van der Waals surface area contributed by atoms with Gasteiger partial charge in [0.15, 0.2) is 5.60 Å². The van der Waals surface area contributed by atoms with E-state index in [0.29, 0.717) is 12.8 Å². The van der Waals surface area contributed by atoms with Gasteiger partial charge in [-0.05, 0) is 12.8 Å². The summed E-state index contributed by atoms with van der Waals surface area (Å²) in [6, 6.07) is 0. The fourth-order valence-electron chi connectivity index (χ4n) is 2.45. The first-order chi connectivity index (χ1) is 7.33. The molecular weight excluding hydrogens is 225 g/mol. The van der Waals surface area contributed by atoms with Crippen LogP contribution in [0, 0.1) is 5.92 Å². The summed E-state index contributed by atoms with van der Waals surface area (Å²) in [6.07, 6.45) is -3.86. The zero-order chi connectivity index (χ0) is 12.4. The highest BCUT2D eigenvalue weighted by molar-refractivity contribution is 5.67. The molecule has 3 nitrogen and oxygen atoms in total. The largest absolute Gasteiger partial charge is 0.481 e. The molecule has 6 heteroatoms. The molecule has 0 aromatic carbocycles. The minimum absolute atomic E-state index is 0.148. The molecule has 1 saturated carbocycles. The van der Waals surface area contributed by atoms with Gasteiger partial charge in [-0.1, -0.05) is 12.8 Å². The first-order valence-corrected chi connectivity index (χ1v) is 5.17. The Morgan fingerprint density at radius 1 is 1.50 bits per heavy atom. The molecule has 0 aliphatic heterocycles. The number of hydrogen-bond donors (Lipinski definition) is 1. The van der Waals surface area contributed by atoms with Crippen molar-refractivity contribution >= 4 is 5.97 Å². The third-order valence-corrected chi connectivity index (χ3v) is 3.28. The van der Waals surface area contributed by atoms with Crippen LogP contribution in [0.2, 0.25) is 0 Å². The van der Waals surface area contributed by atoms with Gasteiger partial charge in [0, 0.05) is 13.0 Å². The molecule has 94 valence electrons. The van der Waals surface area contributed by atoms with Crippen molar-refractivity contribution in [3.63, 3.8) is 0 Å². The van der Waals surface area contributed by atoms with Crippen LogP contribution >= 0.6 is 0 Å². The number of alkyl halides is 3. The molecule has 2 unspecified atom stereocenters. The van der Waals surface area contributed by atoms with Gasteiger partial charge < -0.3 is 9.84 Å². The monoisotopic (exact) mass is 240 g/mol. The highest BCUT2D eigenvalue weighted by atomic mass is 19.4. The molecular formula is C10H15F3O3. The number of methoxy groups -OCH3 is 1. The van der Waals surface area contributed by atoms with Crippen LogP contribution < -0.4 is 0 Å². The number of rotatable bonds is 3. The van der Waals surface area contributed by atoms with E-state index in [9.17, 15) is 18.0 Å². The Bertz CT molecular complexity index is 265. The number of halogens is 3. The van der Waals surface area contributed by atoms with Crippen molar-refractivity contribution in [2.45, 2.75) is 43.9 Å². The van der Waals surface area contributed by atoms with Gasteiger partial charge in [-0.25, -0.2) is 0 Å². The maximum Gasteiger partial charge on any atom is 0.417 e. The van der Waals surface area contributed by atoms with Gasteiger partial charge in [0.05, 0.1) is 6.42 Å². The van der Waals surface area contributed by atoms with Crippen LogP contribution in [-0.2, 0) is 9.53 Å². The van der Waals surface area contributed by atoms with Crippen molar-refractivity contribution in [3.05, 3.63) is 0 Å². The average Bonchev–Trinajstić information content (AvgIpc) is 2.16. The molecule has 0 bridgehead atoms. The van der Waals surface area contributed by atoms with E-state index < -0.39 is 30.1 Å². The second kappa shape index (κ2) is 4.61. The fourth-order valence-corrected chi connectivity index (χ4v) is 2.45. The summed E-state index contributed by atoms with van der Waals surface area (Å²) in [5.41, 5.74) is -2.27. The highest BCUT2D eigenvalue weighted by Crippen LogP contribution is 2.48. The van der Waals surface area contributed by atoms with Crippen LogP contribution in [0.25, 0.3) is 0 Å². The summed E-state index contributed by atoms with van der Waals surface area (Å²) in [5, 5.41) is 8.64. The normalized spacial score (nSPS) is 31.4. The SMILES string of the molecule is COC1(C(F)(F)F)CCCCC1CC(=O)O. The summed E-state index contributed by atoms with van der Waals surface area (Å²) >= 11 is 0. The number of carboxylic acid groups (broad SMARTS) is 1. The van der Waals surface area contributed by atoms with Crippen molar-refractivity contribution in [1.82, 2.24) is 0 Å². The van der Waals surface area contributed by atoms with Crippen molar-refractivity contribution in [2.24, 2.45) is 5.92 Å². The lowest BCUT2D eigenvalue weighted by Crippen LogP contribution is -2.54. The predicted molar refractivity (Wildman–Crippen MR) is 50.0 cm³/mol. The van der Waals surface area contributed by atoms with Gasteiger partial charge >= 0.3 is 12.1 Å². The van der Waals surface area contributed by atoms with Crippen molar-refractivity contribution in [1.29, 1.82) is 0 Å². The van der Waals surface area contributed by atoms with Gasteiger partial charge in [-0.15, -0.1) is 0 Å². The molecule has 0 saturated heterocycles. The molecule has 0 aromatic rings. The van der Waals surface area contributed by atoms with Crippen LogP contribution in [0.15, 0.2) is 0 Å². The van der Waals surface area contributed by atoms with Crippen molar-refractivity contribution in [3.8, 4) is 0 Å². The molecule has 1 fully saturated rings. The van der Waals surface area contributed by atoms with E-state index in [4.69, 9.17) is 5.11 Å². The predicted octanol–water partition coefficient (Wildman–Crippen LogP) is 2.60. The maximum absolute atomic E-state index is 13.0. The topological polar surface area (TPSA) is 46.5 Å². The Labute approximate surface area is 91.6 Å². The maximum atomic E-state index is 13.0. The summed E-state index contributed by atoms with van der Waals surface area (Å²) < 4.78 is 43.6. The Balaban J connectivity index is 2.96. The Kier molecular flexibility index (Phi) is 3.83. The molecule has 1 rings (SSSR count). The van der Waals surface area contributed by atoms with E-state index in [1.807, 2.05) is 0 Å². The van der Waals surface area contributed by atoms with Crippen LogP contribution in [0.4, 0.5) is 13.2 Å². The summed E-state index contributed by atoms with van der Waals surface area (Å²) in [4.78, 5) is 10.6. The van der Waals surface area contributed by atoms with Gasteiger partial charge in [0.2, 0.25) is 0 Å². The van der Waals surface area contributed by atoms with Gasteiger partial charge in [-0.3, -0.25) is 4.79 Å². The van der Waals surface area contributed by atoms with E-state index in [-0.39, 0.29) is 12.8 Å². The van der Waals surface area contributed by atoms with Gasteiger partial charge in [0.1, 0.15) is 0 Å². The van der Waals surface area contributed by atoms with Crippen molar-refractivity contribution in [2.75, 3.05) is 7.11 Å². The third-order valence-electron chi connectivity index (χ3n) is 3.28. The number of ether oxygens (including phenoxy) is 1. The lowest BCUT2D eigenvalue weighted by molar-refractivity contribution is -0.298. The second-order valence-corrected chi connectivity index (χ2v) is 4.13. The molecule has 0 spiro atoms. The molecule has 1 aliphatic rings. The molecule has 0 amide bonds. The van der Waals surface area contributed by atoms with E-state index in [1.165, 1.54) is 0 Å². The standard InChI is InChI=1S/C10H15F3O3/c1-16-9(10(11,12)13)5-3-2-4-7(9)6-8(14)15/h7H,2-6H2,1H3,(H,14,15). The summed E-state index contributed by atoms with van der Waals surface area (Å²) in [5.74, 6) is -2.19. The highest BCUT2D eigenvalue weighted by Gasteiger charge is 2.60. The molecule has 0 heterocycles. The summed E-state index contributed by atoms with van der Waals surface area (Å²) in [7, 11) is 1.01. The van der Waals surface area contributed by atoms with Crippen LogP contribution in [0.3, 0.4) is 0 Å². The molecule has 2 atom stereocenters. The van der Waals surface area contributed by atoms with Gasteiger partial charge in [0.25, 0.3) is 0 Å². The van der Waals surface area contributed by atoms with Crippen LogP contribution in [-0.4, -0.2) is 30.0 Å². The molecule has 1 N–H and O–H groups in total. The van der Waals surface area contributed by atoms with E-state index in [1.54, 1.807) is 0 Å². The van der Waals surface area contributed by atoms with Crippen LogP contribution in [0.1, 0.15) is 32.1 Å². The number of carboxylic acids is 1. The second-order valence-electron chi connectivity index (χ2n) is 4.13. The first-order valence-electron chi connectivity index (χ1n) is 5.17. The van der Waals surface area contributed by atoms with E-state index >= 15 is 0 Å². The zero-order valence-electron chi connectivity index (χ0n) is 9.01. The van der Waals surface area contributed by atoms with E-state index in [2.05, 4.69) is 4.74 Å². The minimum atomic E-state index is -4.51. The lowest BCUT2D eigenvalue weighted by Gasteiger charge is -2.43. The number of carbonyl (C=O) groups is 1. The lowest BCUT2D eigenvalue weighted by atomic mass is 9.73. The molecule has 1 aliphatic carbocycles. The minimum Gasteiger partial charge on any atom is -0.481 e. The Morgan fingerprint density at radius 2 is 2.12 bits per heavy atom. The Morgan fingerprint density at radius 3 is 2.56 bits per heavy atom. The molecule has 0 aromatic heterocycles. The fraction of sp³-hybridized carbons (Fsp3) is 0.900. The molecule has 0 radical (unpaired) electrons. The first kappa shape index (κ1) is 13.3.